The largest absolute Gasteiger partial charge is 0.505 e. The maximum absolute atomic E-state index is 13.5. The van der Waals surface area contributed by atoms with Gasteiger partial charge in [-0.2, -0.15) is 0 Å². The second-order valence-corrected chi connectivity index (χ2v) is 9.95. The lowest BCUT2D eigenvalue weighted by molar-refractivity contribution is -0.140. The number of aliphatic hydroxyl groups is 1. The minimum atomic E-state index is -0.828. The minimum Gasteiger partial charge on any atom is -0.505 e. The molecule has 0 aliphatic carbocycles. The van der Waals surface area contributed by atoms with Crippen LogP contribution in [0.4, 0.5) is 0 Å². The van der Waals surface area contributed by atoms with Gasteiger partial charge in [-0.15, -0.1) is 0 Å². The number of imidazole rings is 1. The van der Waals surface area contributed by atoms with Gasteiger partial charge in [0.15, 0.2) is 17.3 Å². The van der Waals surface area contributed by atoms with Gasteiger partial charge in [0.25, 0.3) is 11.7 Å². The number of ketones is 1. The molecule has 1 atom stereocenters. The van der Waals surface area contributed by atoms with Gasteiger partial charge in [-0.25, -0.2) is 4.98 Å². The summed E-state index contributed by atoms with van der Waals surface area (Å²) in [6, 6.07) is 19.8. The smallest absolute Gasteiger partial charge is 0.295 e. The molecule has 0 radical (unpaired) electrons. The van der Waals surface area contributed by atoms with Gasteiger partial charge in [0.2, 0.25) is 0 Å². The van der Waals surface area contributed by atoms with Crippen molar-refractivity contribution in [2.45, 2.75) is 19.6 Å². The fourth-order valence-electron chi connectivity index (χ4n) is 5.00. The molecule has 1 unspecified atom stereocenters. The van der Waals surface area contributed by atoms with Gasteiger partial charge in [0.1, 0.15) is 17.9 Å². The van der Waals surface area contributed by atoms with Crippen LogP contribution in [0.25, 0.3) is 11.4 Å². The summed E-state index contributed by atoms with van der Waals surface area (Å²) >= 11 is 0. The number of likely N-dealkylation sites (N-methyl/N-ethyl adjacent to an activating group) is 1. The molecule has 5 rings (SSSR count). The highest BCUT2D eigenvalue weighted by molar-refractivity contribution is 6.46. The molecule has 3 heterocycles. The SMILES string of the molecule is COc1cc(C2/C(=C(\O)c3c(C)nc4ccccn34)C(=O)C(=O)N2CCN(C)C)ccc1OCc1ccccc1. The zero-order valence-corrected chi connectivity index (χ0v) is 23.0. The van der Waals surface area contributed by atoms with Crippen molar-refractivity contribution in [1.82, 2.24) is 19.2 Å². The first kappa shape index (κ1) is 27.0. The van der Waals surface area contributed by atoms with Crippen LogP contribution < -0.4 is 9.47 Å². The summed E-state index contributed by atoms with van der Waals surface area (Å²) < 4.78 is 13.4. The summed E-state index contributed by atoms with van der Waals surface area (Å²) in [5, 5.41) is 11.6. The first-order valence-electron chi connectivity index (χ1n) is 13.0. The van der Waals surface area contributed by atoms with Crippen molar-refractivity contribution in [1.29, 1.82) is 0 Å². The van der Waals surface area contributed by atoms with E-state index in [2.05, 4.69) is 4.98 Å². The molecule has 4 aromatic rings. The number of aromatic nitrogens is 2. The molecule has 0 spiro atoms. The number of aryl methyl sites for hydroxylation is 1. The Kier molecular flexibility index (Phi) is 7.57. The fourth-order valence-corrected chi connectivity index (χ4v) is 5.00. The number of likely N-dealkylation sites (tertiary alicyclic amines) is 1. The number of benzene rings is 2. The molecule has 1 N–H and O–H groups in total. The molecule has 1 saturated heterocycles. The zero-order chi connectivity index (χ0) is 28.4. The Morgan fingerprint density at radius 2 is 1.77 bits per heavy atom. The molecule has 1 amide bonds. The molecule has 2 aromatic carbocycles. The number of hydrogen-bond donors (Lipinski definition) is 1. The molecule has 1 aliphatic heterocycles. The monoisotopic (exact) mass is 540 g/mol. The average molecular weight is 541 g/mol. The summed E-state index contributed by atoms with van der Waals surface area (Å²) in [7, 11) is 5.34. The molecule has 40 heavy (non-hydrogen) atoms. The predicted molar refractivity (Wildman–Crippen MR) is 151 cm³/mol. The maximum Gasteiger partial charge on any atom is 0.295 e. The molecule has 0 bridgehead atoms. The number of ether oxygens (including phenoxy) is 2. The van der Waals surface area contributed by atoms with E-state index in [0.717, 1.165) is 5.56 Å². The molecule has 9 nitrogen and oxygen atoms in total. The summed E-state index contributed by atoms with van der Waals surface area (Å²) in [4.78, 5) is 34.8. The number of carbonyl (C=O) groups is 2. The molecule has 1 aliphatic rings. The van der Waals surface area contributed by atoms with Crippen LogP contribution in [0.5, 0.6) is 11.5 Å². The van der Waals surface area contributed by atoms with Crippen molar-refractivity contribution in [2.75, 3.05) is 34.3 Å². The Hall–Kier alpha value is -4.63. The molecular formula is C31H32N4O5. The number of Topliss-reactive ketones (excluding diaryl/α,β-unsaturated/α-hetero) is 1. The Morgan fingerprint density at radius 1 is 1.02 bits per heavy atom. The van der Waals surface area contributed by atoms with E-state index in [0.29, 0.717) is 53.8 Å². The van der Waals surface area contributed by atoms with Crippen LogP contribution in [0.1, 0.15) is 28.6 Å². The molecular weight excluding hydrogens is 508 g/mol. The van der Waals surface area contributed by atoms with E-state index in [1.54, 1.807) is 42.8 Å². The number of nitrogens with zero attached hydrogens (tertiary/aromatic N) is 4. The van der Waals surface area contributed by atoms with Crippen LogP contribution >= 0.6 is 0 Å². The fraction of sp³-hybridized carbons (Fsp3) is 0.258. The number of carbonyl (C=O) groups excluding carboxylic acids is 2. The number of fused-ring (bicyclic) bond motifs is 1. The van der Waals surface area contributed by atoms with E-state index in [-0.39, 0.29) is 11.3 Å². The van der Waals surface area contributed by atoms with Crippen molar-refractivity contribution in [2.24, 2.45) is 0 Å². The van der Waals surface area contributed by atoms with E-state index >= 15 is 0 Å². The van der Waals surface area contributed by atoms with Gasteiger partial charge in [-0.05, 0) is 56.4 Å². The summed E-state index contributed by atoms with van der Waals surface area (Å²) in [6.07, 6.45) is 1.77. The summed E-state index contributed by atoms with van der Waals surface area (Å²) in [6.45, 7) is 2.94. The van der Waals surface area contributed by atoms with Crippen LogP contribution in [0.3, 0.4) is 0 Å². The van der Waals surface area contributed by atoms with Crippen molar-refractivity contribution in [3.63, 3.8) is 0 Å². The Morgan fingerprint density at radius 3 is 2.50 bits per heavy atom. The highest BCUT2D eigenvalue weighted by Crippen LogP contribution is 2.42. The van der Waals surface area contributed by atoms with Crippen LogP contribution in [0, 0.1) is 6.92 Å². The molecule has 9 heteroatoms. The molecule has 206 valence electrons. The van der Waals surface area contributed by atoms with Gasteiger partial charge in [0.05, 0.1) is 24.4 Å². The van der Waals surface area contributed by atoms with E-state index in [1.807, 2.05) is 67.5 Å². The number of pyridine rings is 1. The number of aliphatic hydroxyl groups excluding tert-OH is 1. The average Bonchev–Trinajstić information content (AvgIpc) is 3.43. The van der Waals surface area contributed by atoms with Crippen LogP contribution in [0.15, 0.2) is 78.5 Å². The lowest BCUT2D eigenvalue weighted by atomic mass is 9.96. The third-order valence-electron chi connectivity index (χ3n) is 7.00. The van der Waals surface area contributed by atoms with Gasteiger partial charge in [-0.1, -0.05) is 42.5 Å². The van der Waals surface area contributed by atoms with Crippen LogP contribution in [-0.2, 0) is 16.2 Å². The van der Waals surface area contributed by atoms with Gasteiger partial charge >= 0.3 is 0 Å². The van der Waals surface area contributed by atoms with Gasteiger partial charge in [-0.3, -0.25) is 14.0 Å². The van der Waals surface area contributed by atoms with Gasteiger partial charge < -0.3 is 24.4 Å². The van der Waals surface area contributed by atoms with E-state index in [1.165, 1.54) is 4.90 Å². The Balaban J connectivity index is 1.60. The molecule has 1 fully saturated rings. The third kappa shape index (κ3) is 5.03. The maximum atomic E-state index is 13.5. The first-order valence-corrected chi connectivity index (χ1v) is 13.0. The van der Waals surface area contributed by atoms with E-state index < -0.39 is 17.7 Å². The first-order chi connectivity index (χ1) is 19.3. The Bertz CT molecular complexity index is 1590. The minimum absolute atomic E-state index is 0.0116. The van der Waals surface area contributed by atoms with Crippen molar-refractivity contribution in [3.8, 4) is 11.5 Å². The lowest BCUT2D eigenvalue weighted by Gasteiger charge is -2.27. The lowest BCUT2D eigenvalue weighted by Crippen LogP contribution is -2.35. The predicted octanol–water partition coefficient (Wildman–Crippen LogP) is 4.21. The van der Waals surface area contributed by atoms with E-state index in [4.69, 9.17) is 9.47 Å². The number of amides is 1. The second kappa shape index (κ2) is 11.2. The normalized spacial score (nSPS) is 16.7. The van der Waals surface area contributed by atoms with Crippen LogP contribution in [-0.4, -0.2) is 70.3 Å². The Labute approximate surface area is 232 Å². The zero-order valence-electron chi connectivity index (χ0n) is 23.0. The van der Waals surface area contributed by atoms with E-state index in [9.17, 15) is 14.7 Å². The topological polar surface area (TPSA) is 96.6 Å². The molecule has 0 saturated carbocycles. The summed E-state index contributed by atoms with van der Waals surface area (Å²) in [5.74, 6) is -0.691. The third-order valence-corrected chi connectivity index (χ3v) is 7.00. The standard InChI is InChI=1S/C31H32N4O5/c1-20-27(34-15-9-8-12-25(34)32-20)29(36)26-28(35(17-16-33(2)3)31(38)30(26)37)22-13-14-23(24(18-22)39-4)40-19-21-10-6-5-7-11-21/h5-15,18,28,36H,16-17,19H2,1-4H3/b29-26+. The summed E-state index contributed by atoms with van der Waals surface area (Å²) in [5.41, 5.74) is 3.19. The highest BCUT2D eigenvalue weighted by atomic mass is 16.5. The number of rotatable bonds is 9. The van der Waals surface area contributed by atoms with Crippen LogP contribution in [0.2, 0.25) is 0 Å². The number of methoxy groups -OCH3 is 1. The highest BCUT2D eigenvalue weighted by Gasteiger charge is 2.46. The molecule has 2 aromatic heterocycles. The van der Waals surface area contributed by atoms with Gasteiger partial charge in [0, 0.05) is 19.3 Å². The second-order valence-electron chi connectivity index (χ2n) is 9.95. The van der Waals surface area contributed by atoms with Crippen molar-refractivity contribution in [3.05, 3.63) is 101 Å². The van der Waals surface area contributed by atoms with Crippen molar-refractivity contribution < 1.29 is 24.2 Å². The van der Waals surface area contributed by atoms with Crippen molar-refractivity contribution >= 4 is 23.1 Å². The quantitative estimate of drug-likeness (QED) is 0.193. The number of hydrogen-bond acceptors (Lipinski definition) is 7.